The number of hydrogen-bond donors (Lipinski definition) is 1. The SMILES string of the molecule is COC(=O)N1[C@@H]2C=C[C@H]1[C@@H](C)[C@@](C)(O)[C@H]2c1ccccc1. The number of nitrogens with zero attached hydrogens (tertiary/aromatic N) is 1. The van der Waals surface area contributed by atoms with E-state index in [1.54, 1.807) is 4.90 Å². The van der Waals surface area contributed by atoms with Crippen LogP contribution in [0.3, 0.4) is 0 Å². The molecule has 1 fully saturated rings. The van der Waals surface area contributed by atoms with E-state index in [2.05, 4.69) is 0 Å². The molecule has 0 spiro atoms. The number of carbonyl (C=O) groups is 1. The zero-order valence-corrected chi connectivity index (χ0v) is 12.6. The Labute approximate surface area is 125 Å². The number of carbonyl (C=O) groups excluding carboxylic acids is 1. The van der Waals surface area contributed by atoms with Crippen LogP contribution in [0.15, 0.2) is 42.5 Å². The molecule has 3 rings (SSSR count). The lowest BCUT2D eigenvalue weighted by Gasteiger charge is -2.51. The van der Waals surface area contributed by atoms with Gasteiger partial charge >= 0.3 is 6.09 Å². The largest absolute Gasteiger partial charge is 0.453 e. The van der Waals surface area contributed by atoms with Gasteiger partial charge in [-0.25, -0.2) is 4.79 Å². The van der Waals surface area contributed by atoms with Crippen LogP contribution >= 0.6 is 0 Å². The molecule has 4 heteroatoms. The van der Waals surface area contributed by atoms with Gasteiger partial charge in [0.1, 0.15) is 0 Å². The number of methoxy groups -OCH3 is 1. The molecule has 1 saturated heterocycles. The van der Waals surface area contributed by atoms with E-state index in [1.807, 2.05) is 56.3 Å². The Morgan fingerprint density at radius 3 is 2.48 bits per heavy atom. The maximum atomic E-state index is 12.1. The van der Waals surface area contributed by atoms with E-state index in [0.29, 0.717) is 0 Å². The standard InChI is InChI=1S/C17H21NO3/c1-11-13-9-10-14(18(13)16(19)21-3)15(17(11,2)20)12-7-5-4-6-8-12/h4-11,13-15,20H,1-3H3/t11-,13+,14-,15+,17-/m1/s1. The quantitative estimate of drug-likeness (QED) is 0.808. The summed E-state index contributed by atoms with van der Waals surface area (Å²) in [4.78, 5) is 13.9. The Hall–Kier alpha value is -1.81. The van der Waals surface area contributed by atoms with E-state index in [4.69, 9.17) is 4.74 Å². The Kier molecular flexibility index (Phi) is 3.29. The third-order valence-corrected chi connectivity index (χ3v) is 5.10. The van der Waals surface area contributed by atoms with Crippen LogP contribution in [0.1, 0.15) is 25.3 Å². The Balaban J connectivity index is 2.08. The van der Waals surface area contributed by atoms with Crippen molar-refractivity contribution in [3.05, 3.63) is 48.0 Å². The summed E-state index contributed by atoms with van der Waals surface area (Å²) >= 11 is 0. The number of benzene rings is 1. The number of ether oxygens (including phenoxy) is 1. The van der Waals surface area contributed by atoms with Gasteiger partial charge in [-0.15, -0.1) is 0 Å². The first-order valence-electron chi connectivity index (χ1n) is 7.30. The van der Waals surface area contributed by atoms with Crippen molar-refractivity contribution in [2.45, 2.75) is 37.5 Å². The van der Waals surface area contributed by atoms with Crippen LogP contribution in [-0.2, 0) is 4.74 Å². The molecule has 2 bridgehead atoms. The normalized spacial score (nSPS) is 37.6. The third-order valence-electron chi connectivity index (χ3n) is 5.10. The monoisotopic (exact) mass is 287 g/mol. The summed E-state index contributed by atoms with van der Waals surface area (Å²) in [5.41, 5.74) is 0.156. The van der Waals surface area contributed by atoms with Crippen LogP contribution < -0.4 is 0 Å². The fourth-order valence-electron chi connectivity index (χ4n) is 3.81. The molecule has 0 aromatic heterocycles. The highest BCUT2D eigenvalue weighted by Gasteiger charge is 2.56. The van der Waals surface area contributed by atoms with Crippen LogP contribution in [-0.4, -0.2) is 40.9 Å². The lowest BCUT2D eigenvalue weighted by atomic mass is 9.68. The molecular weight excluding hydrogens is 266 g/mol. The molecule has 2 heterocycles. The summed E-state index contributed by atoms with van der Waals surface area (Å²) in [6.07, 6.45) is 3.71. The highest BCUT2D eigenvalue weighted by molar-refractivity contribution is 5.71. The molecule has 21 heavy (non-hydrogen) atoms. The molecule has 2 aliphatic rings. The molecule has 0 aliphatic carbocycles. The zero-order chi connectivity index (χ0) is 15.2. The van der Waals surface area contributed by atoms with Crippen molar-refractivity contribution in [3.63, 3.8) is 0 Å². The molecule has 112 valence electrons. The van der Waals surface area contributed by atoms with E-state index in [-0.39, 0.29) is 30.0 Å². The molecule has 4 nitrogen and oxygen atoms in total. The van der Waals surface area contributed by atoms with Gasteiger partial charge in [-0.3, -0.25) is 4.90 Å². The number of fused-ring (bicyclic) bond motifs is 2. The maximum absolute atomic E-state index is 12.1. The van der Waals surface area contributed by atoms with Gasteiger partial charge in [-0.05, 0) is 12.5 Å². The number of piperidine rings is 1. The van der Waals surface area contributed by atoms with E-state index < -0.39 is 5.60 Å². The summed E-state index contributed by atoms with van der Waals surface area (Å²) in [5, 5.41) is 11.1. The maximum Gasteiger partial charge on any atom is 0.410 e. The molecule has 1 aromatic rings. The minimum Gasteiger partial charge on any atom is -0.453 e. The topological polar surface area (TPSA) is 49.8 Å². The minimum absolute atomic E-state index is 0.0724. The summed E-state index contributed by atoms with van der Waals surface area (Å²) < 4.78 is 4.94. The van der Waals surface area contributed by atoms with Crippen LogP contribution in [0.2, 0.25) is 0 Å². The molecule has 1 aromatic carbocycles. The van der Waals surface area contributed by atoms with Crippen LogP contribution in [0.5, 0.6) is 0 Å². The van der Waals surface area contributed by atoms with Crippen molar-refractivity contribution in [2.24, 2.45) is 5.92 Å². The molecule has 1 amide bonds. The molecule has 1 N–H and O–H groups in total. The van der Waals surface area contributed by atoms with Gasteiger partial charge in [0.05, 0.1) is 24.8 Å². The zero-order valence-electron chi connectivity index (χ0n) is 12.6. The Morgan fingerprint density at radius 1 is 1.24 bits per heavy atom. The van der Waals surface area contributed by atoms with Gasteiger partial charge < -0.3 is 9.84 Å². The highest BCUT2D eigenvalue weighted by Crippen LogP contribution is 2.49. The van der Waals surface area contributed by atoms with E-state index in [9.17, 15) is 9.90 Å². The van der Waals surface area contributed by atoms with E-state index in [1.165, 1.54) is 7.11 Å². The second-order valence-electron chi connectivity index (χ2n) is 6.15. The molecule has 5 atom stereocenters. The predicted octanol–water partition coefficient (Wildman–Crippen LogP) is 2.55. The van der Waals surface area contributed by atoms with Gasteiger partial charge in [-0.1, -0.05) is 49.4 Å². The van der Waals surface area contributed by atoms with Crippen molar-refractivity contribution >= 4 is 6.09 Å². The third kappa shape index (κ3) is 1.97. The van der Waals surface area contributed by atoms with Crippen LogP contribution in [0, 0.1) is 5.92 Å². The summed E-state index contributed by atoms with van der Waals surface area (Å²) in [6, 6.07) is 9.61. The number of hydrogen-bond acceptors (Lipinski definition) is 3. The van der Waals surface area contributed by atoms with Gasteiger partial charge in [0.25, 0.3) is 0 Å². The lowest BCUT2D eigenvalue weighted by molar-refractivity contribution is -0.0898. The van der Waals surface area contributed by atoms with E-state index in [0.717, 1.165) is 5.56 Å². The van der Waals surface area contributed by atoms with Gasteiger partial charge in [-0.2, -0.15) is 0 Å². The lowest BCUT2D eigenvalue weighted by Crippen LogP contribution is -2.62. The minimum atomic E-state index is -0.884. The van der Waals surface area contributed by atoms with Gasteiger partial charge in [0.2, 0.25) is 0 Å². The Morgan fingerprint density at radius 2 is 1.86 bits per heavy atom. The van der Waals surface area contributed by atoms with Crippen molar-refractivity contribution in [1.82, 2.24) is 4.90 Å². The second-order valence-corrected chi connectivity index (χ2v) is 6.15. The molecule has 0 unspecified atom stereocenters. The summed E-state index contributed by atoms with van der Waals surface area (Å²) in [6.45, 7) is 3.86. The van der Waals surface area contributed by atoms with Gasteiger partial charge in [0.15, 0.2) is 0 Å². The van der Waals surface area contributed by atoms with Crippen LogP contribution in [0.25, 0.3) is 0 Å². The first kappa shape index (κ1) is 14.1. The fraction of sp³-hybridized carbons (Fsp3) is 0.471. The molecule has 2 aliphatic heterocycles. The van der Waals surface area contributed by atoms with Crippen molar-refractivity contribution in [2.75, 3.05) is 7.11 Å². The average molecular weight is 287 g/mol. The fourth-order valence-corrected chi connectivity index (χ4v) is 3.81. The van der Waals surface area contributed by atoms with Crippen molar-refractivity contribution in [3.8, 4) is 0 Å². The summed E-state index contributed by atoms with van der Waals surface area (Å²) in [5.74, 6) is -0.236. The summed E-state index contributed by atoms with van der Waals surface area (Å²) in [7, 11) is 1.40. The number of rotatable bonds is 1. The van der Waals surface area contributed by atoms with Gasteiger partial charge in [0, 0.05) is 11.8 Å². The van der Waals surface area contributed by atoms with Crippen LogP contribution in [0.4, 0.5) is 4.79 Å². The van der Waals surface area contributed by atoms with Crippen molar-refractivity contribution in [1.29, 1.82) is 0 Å². The first-order valence-corrected chi connectivity index (χ1v) is 7.30. The first-order chi connectivity index (χ1) is 9.98. The Bertz CT molecular complexity index is 567. The molecular formula is C17H21NO3. The second kappa shape index (κ2) is 4.88. The average Bonchev–Trinajstić information content (AvgIpc) is 2.86. The number of amides is 1. The highest BCUT2D eigenvalue weighted by atomic mass is 16.5. The molecule has 0 radical (unpaired) electrons. The molecule has 0 saturated carbocycles. The van der Waals surface area contributed by atoms with E-state index >= 15 is 0 Å². The number of aliphatic hydroxyl groups is 1. The predicted molar refractivity (Wildman–Crippen MR) is 79.9 cm³/mol. The van der Waals surface area contributed by atoms with Crippen molar-refractivity contribution < 1.29 is 14.6 Å². The smallest absolute Gasteiger partial charge is 0.410 e.